The third-order valence-corrected chi connectivity index (χ3v) is 1.94. The zero-order chi connectivity index (χ0) is 9.78. The smallest absolute Gasteiger partial charge is 0.327 e. The molecule has 0 rings (SSSR count). The largest absolute Gasteiger partial charge is 0.390 e. The van der Waals surface area contributed by atoms with Crippen molar-refractivity contribution in [3.63, 3.8) is 0 Å². The Kier molecular flexibility index (Phi) is 4.60. The Balaban J connectivity index is 3.78. The summed E-state index contributed by atoms with van der Waals surface area (Å²) in [7, 11) is 0. The molecule has 0 heterocycles. The van der Waals surface area contributed by atoms with E-state index in [-0.39, 0.29) is 5.92 Å². The van der Waals surface area contributed by atoms with Crippen molar-refractivity contribution in [1.29, 1.82) is 0 Å². The molecule has 0 radical (unpaired) electrons. The van der Waals surface area contributed by atoms with Crippen LogP contribution in [-0.4, -0.2) is 12.2 Å². The number of alkyl halides is 3. The molecular weight excluding hydrogens is 167 g/mol. The molecule has 0 bridgehead atoms. The summed E-state index contributed by atoms with van der Waals surface area (Å²) in [6, 6.07) is -0.745. The Morgan fingerprint density at radius 3 is 2.17 bits per heavy atom. The highest BCUT2D eigenvalue weighted by molar-refractivity contribution is 4.72. The molecule has 0 fully saturated rings. The third-order valence-electron chi connectivity index (χ3n) is 1.94. The summed E-state index contributed by atoms with van der Waals surface area (Å²) in [6.45, 7) is 3.71. The lowest BCUT2D eigenvalue weighted by Gasteiger charge is -2.20. The highest BCUT2D eigenvalue weighted by Gasteiger charge is 2.31. The van der Waals surface area contributed by atoms with E-state index < -0.39 is 18.6 Å². The molecule has 0 amide bonds. The van der Waals surface area contributed by atoms with Crippen molar-refractivity contribution < 1.29 is 13.2 Å². The predicted molar refractivity (Wildman–Crippen MR) is 42.7 cm³/mol. The van der Waals surface area contributed by atoms with E-state index in [0.29, 0.717) is 0 Å². The van der Waals surface area contributed by atoms with Gasteiger partial charge < -0.3 is 5.73 Å². The van der Waals surface area contributed by atoms with Crippen molar-refractivity contribution >= 4 is 0 Å². The maximum absolute atomic E-state index is 11.8. The van der Waals surface area contributed by atoms with Gasteiger partial charge in [0, 0.05) is 6.04 Å². The number of halogens is 3. The van der Waals surface area contributed by atoms with Gasteiger partial charge in [-0.05, 0) is 12.3 Å². The van der Waals surface area contributed by atoms with Crippen LogP contribution in [0.2, 0.25) is 0 Å². The predicted octanol–water partition coefficient (Wildman–Crippen LogP) is 2.70. The minimum Gasteiger partial charge on any atom is -0.327 e. The molecular formula is C8H16F3N. The molecule has 12 heavy (non-hydrogen) atoms. The van der Waals surface area contributed by atoms with Crippen LogP contribution >= 0.6 is 0 Å². The van der Waals surface area contributed by atoms with Gasteiger partial charge in [0.25, 0.3) is 0 Å². The monoisotopic (exact) mass is 183 g/mol. The van der Waals surface area contributed by atoms with E-state index in [1.165, 1.54) is 0 Å². The van der Waals surface area contributed by atoms with Crippen LogP contribution in [0.4, 0.5) is 13.2 Å². The van der Waals surface area contributed by atoms with Crippen LogP contribution in [0, 0.1) is 5.92 Å². The van der Waals surface area contributed by atoms with Gasteiger partial charge in [-0.25, -0.2) is 0 Å². The maximum atomic E-state index is 11.8. The van der Waals surface area contributed by atoms with Gasteiger partial charge in [-0.3, -0.25) is 0 Å². The SMILES string of the molecule is CCCC(C)C(N)CC(F)(F)F. The summed E-state index contributed by atoms with van der Waals surface area (Å²) in [5.41, 5.74) is 5.37. The summed E-state index contributed by atoms with van der Waals surface area (Å²) >= 11 is 0. The summed E-state index contributed by atoms with van der Waals surface area (Å²) in [5, 5.41) is 0. The molecule has 0 aliphatic carbocycles. The first kappa shape index (κ1) is 11.8. The molecule has 2 N–H and O–H groups in total. The lowest BCUT2D eigenvalue weighted by atomic mass is 9.95. The molecule has 2 atom stereocenters. The molecule has 4 heteroatoms. The molecule has 0 aromatic rings. The Bertz CT molecular complexity index is 122. The summed E-state index contributed by atoms with van der Waals surface area (Å²) in [5.74, 6) is -0.0448. The Morgan fingerprint density at radius 2 is 1.83 bits per heavy atom. The average Bonchev–Trinajstić information content (AvgIpc) is 1.84. The molecule has 2 unspecified atom stereocenters. The van der Waals surface area contributed by atoms with Crippen LogP contribution in [0.5, 0.6) is 0 Å². The van der Waals surface area contributed by atoms with Gasteiger partial charge in [-0.2, -0.15) is 13.2 Å². The fourth-order valence-corrected chi connectivity index (χ4v) is 1.14. The Morgan fingerprint density at radius 1 is 1.33 bits per heavy atom. The van der Waals surface area contributed by atoms with E-state index in [0.717, 1.165) is 12.8 Å². The maximum Gasteiger partial charge on any atom is 0.390 e. The third kappa shape index (κ3) is 5.41. The lowest BCUT2D eigenvalue weighted by molar-refractivity contribution is -0.140. The van der Waals surface area contributed by atoms with Crippen molar-refractivity contribution in [2.24, 2.45) is 11.7 Å². The first-order valence-corrected chi connectivity index (χ1v) is 4.19. The molecule has 0 aromatic heterocycles. The van der Waals surface area contributed by atoms with Gasteiger partial charge in [0.2, 0.25) is 0 Å². The van der Waals surface area contributed by atoms with Crippen molar-refractivity contribution in [3.8, 4) is 0 Å². The quantitative estimate of drug-likeness (QED) is 0.712. The fraction of sp³-hybridized carbons (Fsp3) is 1.00. The van der Waals surface area contributed by atoms with Crippen molar-refractivity contribution in [3.05, 3.63) is 0 Å². The van der Waals surface area contributed by atoms with Crippen molar-refractivity contribution in [2.75, 3.05) is 0 Å². The van der Waals surface area contributed by atoms with E-state index in [1.807, 2.05) is 6.92 Å². The highest BCUT2D eigenvalue weighted by atomic mass is 19.4. The molecule has 0 aliphatic rings. The summed E-state index contributed by atoms with van der Waals surface area (Å²) < 4.78 is 35.5. The lowest BCUT2D eigenvalue weighted by Crippen LogP contribution is -2.33. The standard InChI is InChI=1S/C8H16F3N/c1-3-4-6(2)7(12)5-8(9,10)11/h6-7H,3-5,12H2,1-2H3. The molecule has 0 aromatic carbocycles. The Hall–Kier alpha value is -0.250. The van der Waals surface area contributed by atoms with Gasteiger partial charge in [0.05, 0.1) is 6.42 Å². The minimum absolute atomic E-state index is 0.0448. The summed E-state index contributed by atoms with van der Waals surface area (Å²) in [4.78, 5) is 0. The van der Waals surface area contributed by atoms with Crippen LogP contribution in [0.3, 0.4) is 0 Å². The topological polar surface area (TPSA) is 26.0 Å². The van der Waals surface area contributed by atoms with E-state index in [9.17, 15) is 13.2 Å². The second kappa shape index (κ2) is 4.70. The van der Waals surface area contributed by atoms with Crippen LogP contribution in [0.1, 0.15) is 33.1 Å². The van der Waals surface area contributed by atoms with Crippen LogP contribution in [0.25, 0.3) is 0 Å². The van der Waals surface area contributed by atoms with E-state index >= 15 is 0 Å². The first-order valence-electron chi connectivity index (χ1n) is 4.19. The van der Waals surface area contributed by atoms with Gasteiger partial charge in [0.15, 0.2) is 0 Å². The molecule has 0 saturated carbocycles. The average molecular weight is 183 g/mol. The zero-order valence-corrected chi connectivity index (χ0v) is 7.49. The van der Waals surface area contributed by atoms with Crippen LogP contribution < -0.4 is 5.73 Å². The van der Waals surface area contributed by atoms with Gasteiger partial charge in [-0.15, -0.1) is 0 Å². The van der Waals surface area contributed by atoms with Crippen LogP contribution in [-0.2, 0) is 0 Å². The second-order valence-electron chi connectivity index (χ2n) is 3.25. The van der Waals surface area contributed by atoms with Crippen LogP contribution in [0.15, 0.2) is 0 Å². The minimum atomic E-state index is -4.12. The molecule has 1 nitrogen and oxygen atoms in total. The van der Waals surface area contributed by atoms with E-state index in [2.05, 4.69) is 0 Å². The van der Waals surface area contributed by atoms with Crippen molar-refractivity contribution in [1.82, 2.24) is 0 Å². The van der Waals surface area contributed by atoms with Gasteiger partial charge in [0.1, 0.15) is 0 Å². The number of rotatable bonds is 4. The number of hydrogen-bond donors (Lipinski definition) is 1. The fourth-order valence-electron chi connectivity index (χ4n) is 1.14. The first-order chi connectivity index (χ1) is 5.37. The normalized spacial score (nSPS) is 17.5. The van der Waals surface area contributed by atoms with Crippen molar-refractivity contribution in [2.45, 2.75) is 45.3 Å². The second-order valence-corrected chi connectivity index (χ2v) is 3.25. The van der Waals surface area contributed by atoms with Gasteiger partial charge >= 0.3 is 6.18 Å². The van der Waals surface area contributed by atoms with Gasteiger partial charge in [-0.1, -0.05) is 20.3 Å². The molecule has 0 aliphatic heterocycles. The van der Waals surface area contributed by atoms with E-state index in [4.69, 9.17) is 5.73 Å². The van der Waals surface area contributed by atoms with E-state index in [1.54, 1.807) is 6.92 Å². The molecule has 0 saturated heterocycles. The summed E-state index contributed by atoms with van der Waals surface area (Å²) in [6.07, 6.45) is -3.35. The zero-order valence-electron chi connectivity index (χ0n) is 7.49. The molecule has 74 valence electrons. The number of nitrogens with two attached hydrogens (primary N) is 1. The Labute approximate surface area is 71.1 Å². The number of hydrogen-bond acceptors (Lipinski definition) is 1. The highest BCUT2D eigenvalue weighted by Crippen LogP contribution is 2.24. The molecule has 0 spiro atoms.